The minimum atomic E-state index is -3.42. The van der Waals surface area contributed by atoms with E-state index in [1.54, 1.807) is 30.7 Å². The first-order chi connectivity index (χ1) is 28.8. The molecule has 18 heteroatoms. The molecule has 1 aromatic carbocycles. The van der Waals surface area contributed by atoms with Crippen molar-refractivity contribution >= 4 is 61.0 Å². The number of amides is 4. The topological polar surface area (TPSA) is 199 Å². The number of nitrogens with zero attached hydrogens (tertiary/aromatic N) is 2. The second-order valence-corrected chi connectivity index (χ2v) is 24.5. The molecule has 2 aromatic rings. The number of aryl methyl sites for hydroxylation is 1. The molecular formula is C44H69N5O10S3. The summed E-state index contributed by atoms with van der Waals surface area (Å²) in [6.45, 7) is 16.6. The zero-order valence-corrected chi connectivity index (χ0v) is 40.7. The van der Waals surface area contributed by atoms with Crippen molar-refractivity contribution in [2.75, 3.05) is 26.0 Å². The van der Waals surface area contributed by atoms with Crippen molar-refractivity contribution in [3.63, 3.8) is 0 Å². The second kappa shape index (κ2) is 23.7. The molecule has 0 unspecified atom stereocenters. The predicted molar refractivity (Wildman–Crippen MR) is 244 cm³/mol. The van der Waals surface area contributed by atoms with Crippen molar-refractivity contribution in [2.24, 2.45) is 5.41 Å². The van der Waals surface area contributed by atoms with Crippen molar-refractivity contribution in [2.45, 2.75) is 162 Å². The van der Waals surface area contributed by atoms with Gasteiger partial charge in [0.15, 0.2) is 8.87 Å². The van der Waals surface area contributed by atoms with Crippen LogP contribution in [0.15, 0.2) is 29.8 Å². The summed E-state index contributed by atoms with van der Waals surface area (Å²) in [7, 11) is -2.76. The highest BCUT2D eigenvalue weighted by molar-refractivity contribution is 8.72. The normalized spacial score (nSPS) is 16.3. The van der Waals surface area contributed by atoms with Crippen LogP contribution in [0.5, 0.6) is 0 Å². The van der Waals surface area contributed by atoms with Gasteiger partial charge in [-0.2, -0.15) is 0 Å². The summed E-state index contributed by atoms with van der Waals surface area (Å²) in [5.74, 6) is -1.18. The molecule has 0 bridgehead atoms. The molecular weight excluding hydrogens is 855 g/mol. The third kappa shape index (κ3) is 19.2. The molecule has 1 aromatic heterocycles. The number of thiazole rings is 1. The summed E-state index contributed by atoms with van der Waals surface area (Å²) >= 11 is 1.55. The van der Waals surface area contributed by atoms with E-state index in [9.17, 15) is 32.4 Å². The van der Waals surface area contributed by atoms with Gasteiger partial charge >= 0.3 is 12.2 Å². The van der Waals surface area contributed by atoms with Crippen LogP contribution in [0.25, 0.3) is 10.4 Å². The summed E-state index contributed by atoms with van der Waals surface area (Å²) in [4.78, 5) is 73.0. The maximum absolute atomic E-state index is 14.4. The van der Waals surface area contributed by atoms with E-state index in [-0.39, 0.29) is 38.4 Å². The molecule has 1 saturated heterocycles. The maximum atomic E-state index is 14.4. The van der Waals surface area contributed by atoms with Crippen LogP contribution in [-0.4, -0.2) is 103 Å². The first-order valence-electron chi connectivity index (χ1n) is 21.4. The lowest BCUT2D eigenvalue weighted by atomic mass is 9.85. The molecule has 3 N–H and O–H groups in total. The number of aromatic nitrogens is 1. The van der Waals surface area contributed by atoms with Gasteiger partial charge in [0.1, 0.15) is 30.4 Å². The number of benzene rings is 1. The average Bonchev–Trinajstić information content (AvgIpc) is 3.78. The van der Waals surface area contributed by atoms with Gasteiger partial charge in [0, 0.05) is 32.2 Å². The molecule has 0 radical (unpaired) electrons. The molecule has 2 heterocycles. The van der Waals surface area contributed by atoms with Crippen LogP contribution in [-0.2, 0) is 44.0 Å². The summed E-state index contributed by atoms with van der Waals surface area (Å²) in [6.07, 6.45) is 6.49. The largest absolute Gasteiger partial charge is 0.508 e. The van der Waals surface area contributed by atoms with Crippen molar-refractivity contribution < 1.29 is 46.6 Å². The van der Waals surface area contributed by atoms with E-state index < -0.39 is 66.9 Å². The van der Waals surface area contributed by atoms with E-state index in [1.807, 2.05) is 72.7 Å². The summed E-state index contributed by atoms with van der Waals surface area (Å²) in [5.41, 5.74) is 3.35. The van der Waals surface area contributed by atoms with Crippen LogP contribution in [0.4, 0.5) is 9.59 Å². The minimum absolute atomic E-state index is 0.00840. The van der Waals surface area contributed by atoms with Crippen LogP contribution in [0, 0.1) is 12.3 Å². The highest BCUT2D eigenvalue weighted by atomic mass is 33.1. The SMILES string of the molecule is Cc1ncsc1-c1ccc(CNC(=O)[C@@H]2C[C@@H](OC(=O)OCC(C)(C)SS(C)(=O)=O)CN2C(=O)[C@@H](NC(=O)CCCCCCCCCCNC(=O)OC(C)(C)C)C(C)(C)C)cc1. The van der Waals surface area contributed by atoms with Crippen LogP contribution < -0.4 is 16.0 Å². The van der Waals surface area contributed by atoms with Crippen LogP contribution in [0.2, 0.25) is 0 Å². The third-order valence-corrected chi connectivity index (χ3v) is 14.0. The Morgan fingerprint density at radius 2 is 1.52 bits per heavy atom. The van der Waals surface area contributed by atoms with Crippen molar-refractivity contribution in [3.05, 3.63) is 41.0 Å². The number of likely N-dealkylation sites (tertiary alicyclic amines) is 1. The monoisotopic (exact) mass is 923 g/mol. The van der Waals surface area contributed by atoms with E-state index in [4.69, 9.17) is 14.2 Å². The first-order valence-corrected chi connectivity index (χ1v) is 25.5. The highest BCUT2D eigenvalue weighted by Gasteiger charge is 2.46. The fraction of sp³-hybridized carbons (Fsp3) is 0.682. The number of alkyl carbamates (subject to hydrolysis) is 1. The number of nitrogens with one attached hydrogen (secondary N) is 3. The molecule has 1 fully saturated rings. The van der Waals surface area contributed by atoms with Crippen molar-refractivity contribution in [1.29, 1.82) is 0 Å². The Bertz CT molecular complexity index is 1910. The fourth-order valence-corrected chi connectivity index (χ4v) is 11.2. The zero-order valence-electron chi connectivity index (χ0n) is 38.2. The Hall–Kier alpha value is -3.90. The molecule has 0 saturated carbocycles. The number of hydrogen-bond acceptors (Lipinski definition) is 13. The molecule has 15 nitrogen and oxygen atoms in total. The Balaban J connectivity index is 1.58. The summed E-state index contributed by atoms with van der Waals surface area (Å²) in [6, 6.07) is 5.78. The fourth-order valence-electron chi connectivity index (χ4n) is 6.90. The third-order valence-electron chi connectivity index (χ3n) is 9.87. The van der Waals surface area contributed by atoms with Gasteiger partial charge in [0.25, 0.3) is 0 Å². The standard InChI is InChI=1S/C44H69N5O10S3/c1-30-36(60-29-47-30)32-22-20-31(21-23-32)26-46-38(51)34-25-33(58-41(54)57-28-44(8,9)61-62(10,55)56)27-49(34)39(52)37(42(2,3)4)48-35(50)19-17-15-13-11-12-14-16-18-24-45-40(53)59-43(5,6)7/h20-23,29,33-34,37H,11-19,24-28H2,1-10H3,(H,45,53)(H,46,51)(H,48,50)/t33-,34+,37-/m1/s1. The van der Waals surface area contributed by atoms with Gasteiger partial charge < -0.3 is 35.1 Å². The zero-order chi connectivity index (χ0) is 46.3. The van der Waals surface area contributed by atoms with E-state index in [1.165, 1.54) is 4.90 Å². The maximum Gasteiger partial charge on any atom is 0.508 e. The van der Waals surface area contributed by atoms with Crippen molar-refractivity contribution in [3.8, 4) is 10.4 Å². The van der Waals surface area contributed by atoms with E-state index in [2.05, 4.69) is 20.9 Å². The highest BCUT2D eigenvalue weighted by Crippen LogP contribution is 2.31. The van der Waals surface area contributed by atoms with Gasteiger partial charge in [-0.25, -0.2) is 23.0 Å². The lowest BCUT2D eigenvalue weighted by Crippen LogP contribution is -2.57. The van der Waals surface area contributed by atoms with Gasteiger partial charge in [0.2, 0.25) is 17.7 Å². The Labute approximate surface area is 376 Å². The van der Waals surface area contributed by atoms with Crippen LogP contribution in [0.1, 0.15) is 131 Å². The number of rotatable bonds is 22. The second-order valence-electron chi connectivity index (χ2n) is 18.6. The molecule has 1 aliphatic heterocycles. The molecule has 62 heavy (non-hydrogen) atoms. The predicted octanol–water partition coefficient (Wildman–Crippen LogP) is 7.90. The molecule has 4 amide bonds. The number of carbonyl (C=O) groups excluding carboxylic acids is 5. The Morgan fingerprint density at radius 3 is 2.08 bits per heavy atom. The van der Waals surface area contributed by atoms with Gasteiger partial charge in [-0.05, 0) is 81.7 Å². The molecule has 3 atom stereocenters. The molecule has 3 rings (SSSR count). The smallest absolute Gasteiger partial charge is 0.444 e. The van der Waals surface area contributed by atoms with Gasteiger partial charge in [-0.1, -0.05) is 83.6 Å². The van der Waals surface area contributed by atoms with Gasteiger partial charge in [-0.3, -0.25) is 14.4 Å². The number of hydrogen-bond donors (Lipinski definition) is 3. The van der Waals surface area contributed by atoms with E-state index in [0.717, 1.165) is 72.9 Å². The minimum Gasteiger partial charge on any atom is -0.444 e. The quantitative estimate of drug-likeness (QED) is 0.0587. The molecule has 0 aliphatic carbocycles. The Morgan fingerprint density at radius 1 is 0.903 bits per heavy atom. The van der Waals surface area contributed by atoms with Gasteiger partial charge in [-0.15, -0.1) is 11.3 Å². The number of carbonyl (C=O) groups is 5. The van der Waals surface area contributed by atoms with Gasteiger partial charge in [0.05, 0.1) is 27.4 Å². The number of unbranched alkanes of at least 4 members (excludes halogenated alkanes) is 7. The van der Waals surface area contributed by atoms with Crippen LogP contribution in [0.3, 0.4) is 0 Å². The lowest BCUT2D eigenvalue weighted by molar-refractivity contribution is -0.144. The summed E-state index contributed by atoms with van der Waals surface area (Å²) in [5, 5.41) is 8.67. The Kier molecular flexibility index (Phi) is 20.0. The molecule has 1 aliphatic rings. The number of ether oxygens (including phenoxy) is 3. The lowest BCUT2D eigenvalue weighted by Gasteiger charge is -2.35. The van der Waals surface area contributed by atoms with E-state index >= 15 is 0 Å². The molecule has 0 spiro atoms. The summed E-state index contributed by atoms with van der Waals surface area (Å²) < 4.78 is 38.9. The van der Waals surface area contributed by atoms with Crippen LogP contribution >= 0.6 is 22.1 Å². The molecule has 348 valence electrons. The first kappa shape index (κ1) is 52.4. The van der Waals surface area contributed by atoms with Crippen molar-refractivity contribution in [1.82, 2.24) is 25.8 Å². The van der Waals surface area contributed by atoms with E-state index in [0.29, 0.717) is 23.8 Å². The average molecular weight is 924 g/mol.